The highest BCUT2D eigenvalue weighted by Crippen LogP contribution is 2.24. The molecule has 0 unspecified atom stereocenters. The van der Waals surface area contributed by atoms with E-state index in [0.717, 1.165) is 0 Å². The molecule has 0 saturated heterocycles. The van der Waals surface area contributed by atoms with Crippen LogP contribution in [0.25, 0.3) is 16.9 Å². The maximum atomic E-state index is 13.4. The second kappa shape index (κ2) is 9.79. The maximum Gasteiger partial charge on any atom is 0.255 e. The maximum absolute atomic E-state index is 13.4. The van der Waals surface area contributed by atoms with Gasteiger partial charge in [0.2, 0.25) is 5.95 Å². The van der Waals surface area contributed by atoms with Crippen molar-refractivity contribution >= 4 is 23.2 Å². The summed E-state index contributed by atoms with van der Waals surface area (Å²) in [6.45, 7) is 5.06. The molecule has 0 aliphatic carbocycles. The van der Waals surface area contributed by atoms with Crippen molar-refractivity contribution in [1.82, 2.24) is 24.5 Å². The van der Waals surface area contributed by atoms with Gasteiger partial charge in [-0.1, -0.05) is 6.07 Å². The molecule has 0 saturated carbocycles. The number of aromatic nitrogens is 5. The number of hydrogen-bond donors (Lipinski definition) is 2. The van der Waals surface area contributed by atoms with Crippen LogP contribution in [0, 0.1) is 20.8 Å². The van der Waals surface area contributed by atoms with E-state index in [2.05, 4.69) is 30.6 Å². The zero-order chi connectivity index (χ0) is 32.9. The van der Waals surface area contributed by atoms with Crippen LogP contribution in [-0.4, -0.2) is 30.4 Å². The van der Waals surface area contributed by atoms with Crippen LogP contribution in [0.1, 0.15) is 39.5 Å². The van der Waals surface area contributed by atoms with Crippen LogP contribution in [-0.2, 0) is 0 Å². The largest absolute Gasteiger partial charge is 0.324 e. The molecule has 0 atom stereocenters. The van der Waals surface area contributed by atoms with E-state index in [1.165, 1.54) is 23.0 Å². The lowest BCUT2D eigenvalue weighted by Gasteiger charge is -2.13. The van der Waals surface area contributed by atoms with Gasteiger partial charge in [-0.2, -0.15) is 0 Å². The first-order valence-corrected chi connectivity index (χ1v) is 10.8. The van der Waals surface area contributed by atoms with Crippen molar-refractivity contribution in [3.05, 3.63) is 108 Å². The fourth-order valence-corrected chi connectivity index (χ4v) is 3.33. The van der Waals surface area contributed by atoms with E-state index >= 15 is 0 Å². The van der Waals surface area contributed by atoms with Crippen LogP contribution in [0.15, 0.2) is 85.5 Å². The number of nitrogens with zero attached hydrogens (tertiary/aromatic N) is 5. The minimum absolute atomic E-state index is 0.0329. The fraction of sp³-hybridized carbons (Fsp3) is 0.107. The van der Waals surface area contributed by atoms with Crippen LogP contribution >= 0.6 is 0 Å². The van der Waals surface area contributed by atoms with Gasteiger partial charge in [-0.05, 0) is 80.3 Å². The summed E-state index contributed by atoms with van der Waals surface area (Å²) in [5.74, 6) is -0.827. The molecular weight excluding hydrogens is 450 g/mol. The second-order valence-electron chi connectivity index (χ2n) is 7.85. The number of anilines is 3. The Morgan fingerprint density at radius 3 is 2.78 bits per heavy atom. The van der Waals surface area contributed by atoms with Gasteiger partial charge in [0.25, 0.3) is 5.91 Å². The lowest BCUT2D eigenvalue weighted by atomic mass is 10.1. The first kappa shape index (κ1) is 14.5. The van der Waals surface area contributed by atoms with E-state index in [0.29, 0.717) is 16.9 Å². The third-order valence-electron chi connectivity index (χ3n) is 5.07. The zero-order valence-electron chi connectivity index (χ0n) is 28.5. The first-order valence-electron chi connectivity index (χ1n) is 15.3. The van der Waals surface area contributed by atoms with Gasteiger partial charge in [-0.25, -0.2) is 15.0 Å². The van der Waals surface area contributed by atoms with Crippen LogP contribution < -0.4 is 10.6 Å². The normalized spacial score (nSPS) is 14.2. The highest BCUT2D eigenvalue weighted by atomic mass is 16.1. The van der Waals surface area contributed by atoms with Gasteiger partial charge >= 0.3 is 0 Å². The SMILES string of the molecule is [2H]c1nc(Nc2cc(C(=O)Nc3c([2H])c(C)c([2H])c(-n4cnc(C)c4)c3[2H])ccc2C)nc(-c2c([2H])nc([2H])c([2H])c2[2H])c1[2H]. The Morgan fingerprint density at radius 1 is 1.06 bits per heavy atom. The Kier molecular flexibility index (Phi) is 3.95. The number of nitrogens with one attached hydrogen (secondary N) is 2. The number of rotatable bonds is 6. The van der Waals surface area contributed by atoms with Crippen molar-refractivity contribution in [3.63, 3.8) is 0 Å². The molecule has 8 nitrogen and oxygen atoms in total. The molecular formula is C28H25N7O. The van der Waals surface area contributed by atoms with E-state index in [1.807, 2.05) is 0 Å². The Balaban J connectivity index is 1.50. The lowest BCUT2D eigenvalue weighted by Crippen LogP contribution is -2.13. The molecule has 8 heteroatoms. The molecule has 0 fully saturated rings. The van der Waals surface area contributed by atoms with E-state index in [4.69, 9.17) is 12.3 Å². The van der Waals surface area contributed by atoms with Crippen molar-refractivity contribution in [2.45, 2.75) is 20.8 Å². The molecule has 2 N–H and O–H groups in total. The van der Waals surface area contributed by atoms with Crippen LogP contribution in [0.2, 0.25) is 0 Å². The number of hydrogen-bond acceptors (Lipinski definition) is 6. The number of carbonyl (C=O) groups excluding carboxylic acids is 1. The molecule has 3 heterocycles. The highest BCUT2D eigenvalue weighted by Gasteiger charge is 2.12. The molecule has 36 heavy (non-hydrogen) atoms. The van der Waals surface area contributed by atoms with Gasteiger partial charge in [0, 0.05) is 52.9 Å². The topological polar surface area (TPSA) is 97.6 Å². The Labute approximate surface area is 221 Å². The predicted molar refractivity (Wildman–Crippen MR) is 141 cm³/mol. The van der Waals surface area contributed by atoms with Crippen molar-refractivity contribution in [2.75, 3.05) is 10.6 Å². The van der Waals surface area contributed by atoms with Gasteiger partial charge in [0.1, 0.15) is 0 Å². The smallest absolute Gasteiger partial charge is 0.255 e. The number of benzene rings is 2. The first-order chi connectivity index (χ1) is 21.2. The van der Waals surface area contributed by atoms with Crippen molar-refractivity contribution in [1.29, 1.82) is 0 Å². The predicted octanol–water partition coefficient (Wildman–Crippen LogP) is 5.65. The van der Waals surface area contributed by atoms with E-state index in [9.17, 15) is 4.79 Å². The van der Waals surface area contributed by atoms with Gasteiger partial charge < -0.3 is 15.2 Å². The second-order valence-corrected chi connectivity index (χ2v) is 7.85. The third kappa shape index (κ3) is 5.12. The molecule has 0 aliphatic rings. The number of pyridine rings is 1. The summed E-state index contributed by atoms with van der Waals surface area (Å²) in [4.78, 5) is 29.4. The molecule has 0 bridgehead atoms. The number of carbonyl (C=O) groups is 1. The molecule has 2 aromatic carbocycles. The molecule has 0 spiro atoms. The van der Waals surface area contributed by atoms with Crippen molar-refractivity contribution in [2.24, 2.45) is 0 Å². The summed E-state index contributed by atoms with van der Waals surface area (Å²) >= 11 is 0. The van der Waals surface area contributed by atoms with E-state index in [-0.39, 0.29) is 57.8 Å². The average Bonchev–Trinajstić information content (AvgIpc) is 3.41. The summed E-state index contributed by atoms with van der Waals surface area (Å²) < 4.78 is 75.5. The van der Waals surface area contributed by atoms with Gasteiger partial charge in [-0.3, -0.25) is 9.78 Å². The summed E-state index contributed by atoms with van der Waals surface area (Å²) in [6.07, 6.45) is 1.45. The van der Waals surface area contributed by atoms with Crippen LogP contribution in [0.4, 0.5) is 17.3 Å². The molecule has 3 aromatic heterocycles. The minimum atomic E-state index is -0.642. The number of amides is 1. The minimum Gasteiger partial charge on any atom is -0.324 e. The van der Waals surface area contributed by atoms with Crippen LogP contribution in [0.3, 0.4) is 0 Å². The average molecular weight is 485 g/mol. The number of aryl methyl sites for hydroxylation is 2. The molecule has 5 aromatic rings. The van der Waals surface area contributed by atoms with Gasteiger partial charge in [0.05, 0.1) is 30.1 Å². The third-order valence-corrected chi connectivity index (χ3v) is 5.07. The highest BCUT2D eigenvalue weighted by molar-refractivity contribution is 6.05. The van der Waals surface area contributed by atoms with Gasteiger partial charge in [0.15, 0.2) is 0 Å². The molecule has 178 valence electrons. The molecule has 1 amide bonds. The quantitative estimate of drug-likeness (QED) is 0.323. The molecule has 0 radical (unpaired) electrons. The van der Waals surface area contributed by atoms with E-state index in [1.54, 1.807) is 33.0 Å². The Hall–Kier alpha value is -4.85. The number of imidazole rings is 1. The van der Waals surface area contributed by atoms with Crippen molar-refractivity contribution < 1.29 is 17.1 Å². The fourth-order valence-electron chi connectivity index (χ4n) is 3.33. The molecule has 5 rings (SSSR count). The van der Waals surface area contributed by atoms with Gasteiger partial charge in [-0.15, -0.1) is 0 Å². The van der Waals surface area contributed by atoms with Crippen molar-refractivity contribution in [3.8, 4) is 16.9 Å². The van der Waals surface area contributed by atoms with E-state index < -0.39 is 42.6 Å². The zero-order valence-corrected chi connectivity index (χ0v) is 19.5. The lowest BCUT2D eigenvalue weighted by molar-refractivity contribution is 0.102. The van der Waals surface area contributed by atoms with Crippen LogP contribution in [0.5, 0.6) is 0 Å². The standard InChI is InChI=1S/C28H25N7O/c1-18-11-23(14-24(12-18)35-16-20(3)31-17-35)32-27(36)21-7-6-19(2)26(13-21)34-28-30-10-8-25(33-28)22-5-4-9-29-15-22/h4-17H,1-3H3,(H,32,36)(H,30,33,34)/i4D,5D,8D,9D,10D,11D,12D,14D,15D. The monoisotopic (exact) mass is 484 g/mol. The molecule has 0 aliphatic heterocycles. The summed E-state index contributed by atoms with van der Waals surface area (Å²) in [5, 5.41) is 5.54. The summed E-state index contributed by atoms with van der Waals surface area (Å²) in [5.41, 5.74) is 1.56. The summed E-state index contributed by atoms with van der Waals surface area (Å²) in [6, 6.07) is 2.62. The summed E-state index contributed by atoms with van der Waals surface area (Å²) in [7, 11) is 0. The Bertz CT molecular complexity index is 2030. The Morgan fingerprint density at radius 2 is 1.94 bits per heavy atom.